The van der Waals surface area contributed by atoms with E-state index in [0.717, 1.165) is 26.2 Å². The largest absolute Gasteiger partial charge is 0.465 e. The van der Waals surface area contributed by atoms with Crippen molar-refractivity contribution in [2.75, 3.05) is 39.3 Å². The maximum absolute atomic E-state index is 10.6. The third kappa shape index (κ3) is 1.76. The molecule has 2 aliphatic rings. The number of carbonyl (C=O) groups is 1. The van der Waals surface area contributed by atoms with Crippen LogP contribution in [0.25, 0.3) is 0 Å². The molecule has 74 valence electrons. The van der Waals surface area contributed by atoms with Crippen molar-refractivity contribution >= 4 is 6.09 Å². The molecule has 0 aromatic rings. The van der Waals surface area contributed by atoms with E-state index in [9.17, 15) is 4.79 Å². The van der Waals surface area contributed by atoms with Crippen molar-refractivity contribution in [2.24, 2.45) is 0 Å². The van der Waals surface area contributed by atoms with Gasteiger partial charge in [-0.25, -0.2) is 4.79 Å². The normalized spacial score (nSPS) is 25.7. The summed E-state index contributed by atoms with van der Waals surface area (Å²) in [7, 11) is 0. The molecular formula is C8H15N3O2. The predicted molar refractivity (Wildman–Crippen MR) is 47.8 cm³/mol. The maximum Gasteiger partial charge on any atom is 0.407 e. The zero-order valence-electron chi connectivity index (χ0n) is 7.57. The first kappa shape index (κ1) is 8.77. The fourth-order valence-corrected chi connectivity index (χ4v) is 1.81. The topological polar surface area (TPSA) is 55.8 Å². The highest BCUT2D eigenvalue weighted by Crippen LogP contribution is 2.09. The number of carboxylic acid groups (broad SMARTS) is 1. The summed E-state index contributed by atoms with van der Waals surface area (Å²) in [5.41, 5.74) is 0. The van der Waals surface area contributed by atoms with Crippen LogP contribution in [0.2, 0.25) is 0 Å². The van der Waals surface area contributed by atoms with Gasteiger partial charge in [-0.2, -0.15) is 0 Å². The number of piperazine rings is 1. The van der Waals surface area contributed by atoms with E-state index in [1.165, 1.54) is 4.90 Å². The van der Waals surface area contributed by atoms with E-state index in [0.29, 0.717) is 19.1 Å². The lowest BCUT2D eigenvalue weighted by Crippen LogP contribution is -2.61. The number of rotatable bonds is 1. The van der Waals surface area contributed by atoms with Gasteiger partial charge in [-0.05, 0) is 0 Å². The monoisotopic (exact) mass is 185 g/mol. The van der Waals surface area contributed by atoms with E-state index in [2.05, 4.69) is 10.2 Å². The summed E-state index contributed by atoms with van der Waals surface area (Å²) in [6.07, 6.45) is -0.786. The summed E-state index contributed by atoms with van der Waals surface area (Å²) in [6, 6.07) is 0.649. The number of hydrogen-bond acceptors (Lipinski definition) is 3. The van der Waals surface area contributed by atoms with Crippen LogP contribution in [-0.2, 0) is 0 Å². The lowest BCUT2D eigenvalue weighted by atomic mass is 10.1. The average molecular weight is 185 g/mol. The molecule has 2 N–H and O–H groups in total. The van der Waals surface area contributed by atoms with Crippen LogP contribution in [0.1, 0.15) is 0 Å². The van der Waals surface area contributed by atoms with Crippen LogP contribution in [0, 0.1) is 0 Å². The van der Waals surface area contributed by atoms with Crippen LogP contribution in [0.15, 0.2) is 0 Å². The first-order valence-corrected chi connectivity index (χ1v) is 4.70. The molecule has 0 spiro atoms. The third-order valence-corrected chi connectivity index (χ3v) is 2.86. The summed E-state index contributed by atoms with van der Waals surface area (Å²) in [4.78, 5) is 14.5. The summed E-state index contributed by atoms with van der Waals surface area (Å²) in [5.74, 6) is 0. The second-order valence-electron chi connectivity index (χ2n) is 3.62. The van der Waals surface area contributed by atoms with Gasteiger partial charge in [-0.3, -0.25) is 4.90 Å². The first-order chi connectivity index (χ1) is 6.27. The molecule has 0 aromatic heterocycles. The third-order valence-electron chi connectivity index (χ3n) is 2.86. The lowest BCUT2D eigenvalue weighted by molar-refractivity contribution is 0.0686. The summed E-state index contributed by atoms with van der Waals surface area (Å²) in [5, 5.41) is 12.0. The molecule has 2 rings (SSSR count). The zero-order valence-corrected chi connectivity index (χ0v) is 7.57. The van der Waals surface area contributed by atoms with Crippen molar-refractivity contribution in [3.63, 3.8) is 0 Å². The minimum Gasteiger partial charge on any atom is -0.465 e. The van der Waals surface area contributed by atoms with Crippen LogP contribution in [-0.4, -0.2) is 66.3 Å². The fourth-order valence-electron chi connectivity index (χ4n) is 1.81. The molecule has 2 fully saturated rings. The Bertz CT molecular complexity index is 198. The van der Waals surface area contributed by atoms with Gasteiger partial charge in [0.1, 0.15) is 0 Å². The zero-order chi connectivity index (χ0) is 9.26. The molecule has 0 unspecified atom stereocenters. The standard InChI is InChI=1S/C8H15N3O2/c12-8(13)11-3-1-10(2-4-11)7-5-9-6-7/h7,9H,1-6H2,(H,12,13). The number of amides is 1. The van der Waals surface area contributed by atoms with Gasteiger partial charge in [0, 0.05) is 45.3 Å². The van der Waals surface area contributed by atoms with Gasteiger partial charge in [0.25, 0.3) is 0 Å². The van der Waals surface area contributed by atoms with Crippen molar-refractivity contribution < 1.29 is 9.90 Å². The van der Waals surface area contributed by atoms with Crippen molar-refractivity contribution in [3.8, 4) is 0 Å². The number of hydrogen-bond donors (Lipinski definition) is 2. The Morgan fingerprint density at radius 2 is 1.85 bits per heavy atom. The molecule has 2 heterocycles. The Labute approximate surface area is 77.3 Å². The Kier molecular flexibility index (Phi) is 2.37. The van der Waals surface area contributed by atoms with Crippen LogP contribution in [0.4, 0.5) is 4.79 Å². The lowest BCUT2D eigenvalue weighted by Gasteiger charge is -2.42. The van der Waals surface area contributed by atoms with Crippen LogP contribution in [0.5, 0.6) is 0 Å². The average Bonchev–Trinajstić information content (AvgIpc) is 2.02. The minimum atomic E-state index is -0.786. The van der Waals surface area contributed by atoms with Crippen LogP contribution in [0.3, 0.4) is 0 Å². The van der Waals surface area contributed by atoms with Crippen LogP contribution >= 0.6 is 0 Å². The predicted octanol–water partition coefficient (Wildman–Crippen LogP) is -0.746. The van der Waals surface area contributed by atoms with Crippen molar-refractivity contribution in [2.45, 2.75) is 6.04 Å². The summed E-state index contributed by atoms with van der Waals surface area (Å²) < 4.78 is 0. The van der Waals surface area contributed by atoms with E-state index in [-0.39, 0.29) is 0 Å². The highest BCUT2D eigenvalue weighted by atomic mass is 16.4. The van der Waals surface area contributed by atoms with E-state index < -0.39 is 6.09 Å². The second kappa shape index (κ2) is 3.51. The molecule has 0 saturated carbocycles. The fraction of sp³-hybridized carbons (Fsp3) is 0.875. The molecule has 0 radical (unpaired) electrons. The van der Waals surface area contributed by atoms with Gasteiger partial charge in [0.15, 0.2) is 0 Å². The van der Waals surface area contributed by atoms with E-state index in [1.54, 1.807) is 0 Å². The SMILES string of the molecule is O=C(O)N1CCN(C2CNC2)CC1. The Morgan fingerprint density at radius 3 is 2.23 bits per heavy atom. The first-order valence-electron chi connectivity index (χ1n) is 4.70. The van der Waals surface area contributed by atoms with E-state index >= 15 is 0 Å². The molecule has 0 aromatic carbocycles. The molecule has 5 heteroatoms. The molecule has 0 aliphatic carbocycles. The highest BCUT2D eigenvalue weighted by molar-refractivity contribution is 5.65. The van der Waals surface area contributed by atoms with Gasteiger partial charge in [0.2, 0.25) is 0 Å². The number of nitrogens with zero attached hydrogens (tertiary/aromatic N) is 2. The summed E-state index contributed by atoms with van der Waals surface area (Å²) >= 11 is 0. The molecule has 2 aliphatic heterocycles. The van der Waals surface area contributed by atoms with E-state index in [1.807, 2.05) is 0 Å². The molecular weight excluding hydrogens is 170 g/mol. The molecule has 0 atom stereocenters. The molecule has 1 amide bonds. The van der Waals surface area contributed by atoms with Crippen molar-refractivity contribution in [3.05, 3.63) is 0 Å². The van der Waals surface area contributed by atoms with Gasteiger partial charge in [-0.1, -0.05) is 0 Å². The van der Waals surface area contributed by atoms with Crippen molar-refractivity contribution in [1.29, 1.82) is 0 Å². The molecule has 5 nitrogen and oxygen atoms in total. The molecule has 2 saturated heterocycles. The van der Waals surface area contributed by atoms with Crippen LogP contribution < -0.4 is 5.32 Å². The Morgan fingerprint density at radius 1 is 1.23 bits per heavy atom. The quantitative estimate of drug-likeness (QED) is 0.564. The summed E-state index contributed by atoms with van der Waals surface area (Å²) in [6.45, 7) is 5.22. The van der Waals surface area contributed by atoms with Gasteiger partial charge < -0.3 is 15.3 Å². The second-order valence-corrected chi connectivity index (χ2v) is 3.62. The minimum absolute atomic E-state index is 0.649. The van der Waals surface area contributed by atoms with Gasteiger partial charge in [0.05, 0.1) is 0 Å². The number of nitrogens with one attached hydrogen (secondary N) is 1. The highest BCUT2D eigenvalue weighted by Gasteiger charge is 2.28. The van der Waals surface area contributed by atoms with E-state index in [4.69, 9.17) is 5.11 Å². The Hall–Kier alpha value is -0.810. The maximum atomic E-state index is 10.6. The molecule has 13 heavy (non-hydrogen) atoms. The van der Waals surface area contributed by atoms with Crippen molar-refractivity contribution in [1.82, 2.24) is 15.1 Å². The smallest absolute Gasteiger partial charge is 0.407 e. The van der Waals surface area contributed by atoms with Gasteiger partial charge >= 0.3 is 6.09 Å². The van der Waals surface area contributed by atoms with Gasteiger partial charge in [-0.15, -0.1) is 0 Å². The molecule has 0 bridgehead atoms. The Balaban J connectivity index is 1.78.